The van der Waals surface area contributed by atoms with Crippen molar-refractivity contribution >= 4 is 61.0 Å². The van der Waals surface area contributed by atoms with Gasteiger partial charge in [0.15, 0.2) is 11.6 Å². The maximum absolute atomic E-state index is 15.6. The average molecular weight is 508 g/mol. The number of nitrogens with one attached hydrogen (secondary N) is 1. The lowest BCUT2D eigenvalue weighted by atomic mass is 9.97. The van der Waals surface area contributed by atoms with Crippen molar-refractivity contribution in [3.05, 3.63) is 72.6 Å². The molecule has 2 aromatic carbocycles. The Labute approximate surface area is 215 Å². The molecule has 4 heterocycles. The van der Waals surface area contributed by atoms with E-state index in [2.05, 4.69) is 31.8 Å². The van der Waals surface area contributed by atoms with Gasteiger partial charge in [0.2, 0.25) is 5.88 Å². The number of hydrogen-bond donors (Lipinski definition) is 2. The molecular formula is C28H22FN7O2. The first-order valence-corrected chi connectivity index (χ1v) is 11.7. The van der Waals surface area contributed by atoms with E-state index >= 15 is 4.39 Å². The highest BCUT2D eigenvalue weighted by molar-refractivity contribution is 6.33. The Bertz CT molecular complexity index is 1980. The Morgan fingerprint density at radius 2 is 1.87 bits per heavy atom. The largest absolute Gasteiger partial charge is 0.436 e. The summed E-state index contributed by atoms with van der Waals surface area (Å²) in [7, 11) is 1.86. The van der Waals surface area contributed by atoms with E-state index in [0.717, 1.165) is 22.0 Å². The van der Waals surface area contributed by atoms with Gasteiger partial charge in [0.05, 0.1) is 10.9 Å². The Kier molecular flexibility index (Phi) is 5.20. The van der Waals surface area contributed by atoms with E-state index in [9.17, 15) is 4.79 Å². The molecule has 0 saturated carbocycles. The molecule has 0 atom stereocenters. The molecule has 0 radical (unpaired) electrons. The summed E-state index contributed by atoms with van der Waals surface area (Å²) in [5.41, 5.74) is 8.75. The highest BCUT2D eigenvalue weighted by Gasteiger charge is 2.22. The van der Waals surface area contributed by atoms with Crippen molar-refractivity contribution in [2.75, 3.05) is 11.1 Å². The molecule has 3 N–H and O–H groups in total. The number of aryl methyl sites for hydroxylation is 2. The van der Waals surface area contributed by atoms with Gasteiger partial charge >= 0.3 is 0 Å². The fourth-order valence-electron chi connectivity index (χ4n) is 4.76. The molecule has 0 spiro atoms. The number of carbonyl (C=O) groups is 1. The van der Waals surface area contributed by atoms with Gasteiger partial charge in [0.1, 0.15) is 23.6 Å². The van der Waals surface area contributed by atoms with Crippen LogP contribution in [0.3, 0.4) is 0 Å². The Hall–Kier alpha value is -5.12. The summed E-state index contributed by atoms with van der Waals surface area (Å²) < 4.78 is 23.3. The van der Waals surface area contributed by atoms with Crippen LogP contribution < -0.4 is 15.8 Å². The summed E-state index contributed by atoms with van der Waals surface area (Å²) in [6.45, 7) is 7.12. The molecule has 0 aliphatic carbocycles. The molecule has 1 amide bonds. The molecule has 0 aliphatic heterocycles. The zero-order chi connectivity index (χ0) is 26.7. The van der Waals surface area contributed by atoms with Crippen LogP contribution in [0.15, 0.2) is 61.1 Å². The number of hydrogen-bond acceptors (Lipinski definition) is 7. The van der Waals surface area contributed by atoms with E-state index in [0.29, 0.717) is 38.6 Å². The standard InChI is InChI=1S/C28H22FN7O2/c1-13(2)28(37)35-21-10-16-15-9-20(38-22-7-5-6-14(3)34-22)19(29)8-17(15)23-24-26(30)32-12-33-27(24)36(4)25(23)18(16)11-31-21/h5-12H,1H2,2-4H3,(H2,30,32,33)(H,31,35,37). The number of amides is 1. The van der Waals surface area contributed by atoms with Gasteiger partial charge in [-0.15, -0.1) is 0 Å². The van der Waals surface area contributed by atoms with Crippen LogP contribution in [0, 0.1) is 12.7 Å². The summed E-state index contributed by atoms with van der Waals surface area (Å²) in [5.74, 6) is -0.0348. The quantitative estimate of drug-likeness (QED) is 0.237. The molecule has 0 unspecified atom stereocenters. The predicted octanol–water partition coefficient (Wildman–Crippen LogP) is 5.55. The summed E-state index contributed by atoms with van der Waals surface area (Å²) in [6, 6.07) is 10.1. The van der Waals surface area contributed by atoms with E-state index in [1.54, 1.807) is 37.4 Å². The minimum atomic E-state index is -0.571. The number of nitrogens with zero attached hydrogens (tertiary/aromatic N) is 5. The normalized spacial score (nSPS) is 11.5. The third-order valence-electron chi connectivity index (χ3n) is 6.49. The number of benzene rings is 2. The minimum Gasteiger partial charge on any atom is -0.436 e. The number of rotatable bonds is 4. The van der Waals surface area contributed by atoms with Gasteiger partial charge in [0.25, 0.3) is 5.91 Å². The van der Waals surface area contributed by atoms with Gasteiger partial charge in [-0.2, -0.15) is 0 Å². The molecule has 188 valence electrons. The number of carbonyl (C=O) groups excluding carboxylic acids is 1. The topological polar surface area (TPSA) is 121 Å². The van der Waals surface area contributed by atoms with Crippen molar-refractivity contribution in [3.63, 3.8) is 0 Å². The van der Waals surface area contributed by atoms with E-state index in [-0.39, 0.29) is 23.4 Å². The molecule has 9 nitrogen and oxygen atoms in total. The van der Waals surface area contributed by atoms with Crippen LogP contribution in [-0.2, 0) is 11.8 Å². The van der Waals surface area contributed by atoms with Crippen LogP contribution in [0.2, 0.25) is 0 Å². The van der Waals surface area contributed by atoms with Crippen LogP contribution in [0.25, 0.3) is 43.5 Å². The monoisotopic (exact) mass is 507 g/mol. The number of aromatic nitrogens is 5. The molecule has 38 heavy (non-hydrogen) atoms. The fraction of sp³-hybridized carbons (Fsp3) is 0.107. The first-order chi connectivity index (χ1) is 18.2. The SMILES string of the molecule is C=C(C)C(=O)Nc1cc2c3cc(Oc4cccc(C)n4)c(F)cc3c3c4c(N)ncnc4n(C)c3c2cn1. The third kappa shape index (κ3) is 3.57. The van der Waals surface area contributed by atoms with Gasteiger partial charge < -0.3 is 20.4 Å². The maximum Gasteiger partial charge on any atom is 0.251 e. The summed E-state index contributed by atoms with van der Waals surface area (Å²) >= 11 is 0. The zero-order valence-electron chi connectivity index (χ0n) is 20.8. The first kappa shape index (κ1) is 23.3. The van der Waals surface area contributed by atoms with Crippen LogP contribution in [0.1, 0.15) is 12.6 Å². The Morgan fingerprint density at radius 3 is 2.63 bits per heavy atom. The number of nitrogen functional groups attached to an aromatic ring is 1. The van der Waals surface area contributed by atoms with Crippen molar-refractivity contribution in [3.8, 4) is 11.6 Å². The number of ether oxygens (including phenoxy) is 1. The molecule has 6 aromatic rings. The van der Waals surface area contributed by atoms with Gasteiger partial charge in [-0.3, -0.25) is 4.79 Å². The van der Waals surface area contributed by atoms with E-state index in [4.69, 9.17) is 10.5 Å². The molecule has 0 saturated heterocycles. The van der Waals surface area contributed by atoms with Crippen LogP contribution in [0.5, 0.6) is 11.6 Å². The summed E-state index contributed by atoms with van der Waals surface area (Å²) in [4.78, 5) is 29.7. The Morgan fingerprint density at radius 1 is 1.08 bits per heavy atom. The van der Waals surface area contributed by atoms with Gasteiger partial charge in [-0.1, -0.05) is 12.6 Å². The number of pyridine rings is 2. The van der Waals surface area contributed by atoms with E-state index in [1.165, 1.54) is 12.4 Å². The summed E-state index contributed by atoms with van der Waals surface area (Å²) in [5, 5.41) is 6.80. The van der Waals surface area contributed by atoms with Crippen LogP contribution in [-0.4, -0.2) is 30.4 Å². The van der Waals surface area contributed by atoms with Crippen molar-refractivity contribution in [2.45, 2.75) is 13.8 Å². The van der Waals surface area contributed by atoms with Crippen molar-refractivity contribution in [1.82, 2.24) is 24.5 Å². The second-order valence-electron chi connectivity index (χ2n) is 9.14. The second-order valence-corrected chi connectivity index (χ2v) is 9.14. The van der Waals surface area contributed by atoms with Gasteiger partial charge in [0, 0.05) is 41.4 Å². The van der Waals surface area contributed by atoms with Gasteiger partial charge in [-0.05, 0) is 54.3 Å². The molecule has 6 rings (SSSR count). The molecule has 0 bridgehead atoms. The molecule has 0 aliphatic rings. The number of nitrogens with two attached hydrogens (primary N) is 1. The predicted molar refractivity (Wildman–Crippen MR) is 146 cm³/mol. The summed E-state index contributed by atoms with van der Waals surface area (Å²) in [6.07, 6.45) is 3.06. The fourth-order valence-corrected chi connectivity index (χ4v) is 4.76. The van der Waals surface area contributed by atoms with Crippen molar-refractivity contribution in [2.24, 2.45) is 7.05 Å². The smallest absolute Gasteiger partial charge is 0.251 e. The van der Waals surface area contributed by atoms with Crippen molar-refractivity contribution < 1.29 is 13.9 Å². The Balaban J connectivity index is 1.72. The zero-order valence-corrected chi connectivity index (χ0v) is 20.8. The van der Waals surface area contributed by atoms with Crippen molar-refractivity contribution in [1.29, 1.82) is 0 Å². The highest BCUT2D eigenvalue weighted by Crippen LogP contribution is 2.43. The average Bonchev–Trinajstić information content (AvgIpc) is 3.18. The third-order valence-corrected chi connectivity index (χ3v) is 6.49. The lowest BCUT2D eigenvalue weighted by Gasteiger charge is -2.13. The maximum atomic E-state index is 15.6. The molecule has 10 heteroatoms. The first-order valence-electron chi connectivity index (χ1n) is 11.7. The number of fused-ring (bicyclic) bond motifs is 8. The molecular weight excluding hydrogens is 485 g/mol. The molecule has 0 fully saturated rings. The van der Waals surface area contributed by atoms with Crippen LogP contribution >= 0.6 is 0 Å². The van der Waals surface area contributed by atoms with Crippen LogP contribution in [0.4, 0.5) is 16.0 Å². The second kappa shape index (κ2) is 8.48. The van der Waals surface area contributed by atoms with E-state index in [1.807, 2.05) is 24.6 Å². The van der Waals surface area contributed by atoms with E-state index < -0.39 is 5.82 Å². The highest BCUT2D eigenvalue weighted by atomic mass is 19.1. The number of halogens is 1. The molecule has 4 aromatic heterocycles. The van der Waals surface area contributed by atoms with Gasteiger partial charge in [-0.25, -0.2) is 24.3 Å². The lowest BCUT2D eigenvalue weighted by Crippen LogP contribution is -2.12. The lowest BCUT2D eigenvalue weighted by molar-refractivity contribution is -0.112. The minimum absolute atomic E-state index is 0.00467. The number of anilines is 2.